The summed E-state index contributed by atoms with van der Waals surface area (Å²) in [6, 6.07) is 8.75. The number of fused-ring (bicyclic) bond motifs is 1. The van der Waals surface area contributed by atoms with E-state index < -0.39 is 21.9 Å². The number of aromatic amines is 1. The number of rotatable bonds is 4. The average molecular weight is 368 g/mol. The van der Waals surface area contributed by atoms with E-state index in [2.05, 4.69) is 10.3 Å². The van der Waals surface area contributed by atoms with Crippen LogP contribution in [0, 0.1) is 17.0 Å². The van der Waals surface area contributed by atoms with Crippen molar-refractivity contribution in [2.75, 3.05) is 5.32 Å². The molecule has 0 spiro atoms. The zero-order valence-corrected chi connectivity index (χ0v) is 14.6. The fourth-order valence-corrected chi connectivity index (χ4v) is 2.79. The summed E-state index contributed by atoms with van der Waals surface area (Å²) in [7, 11) is 0. The van der Waals surface area contributed by atoms with Crippen molar-refractivity contribution < 1.29 is 9.72 Å². The Bertz CT molecular complexity index is 1190. The first-order valence-corrected chi connectivity index (χ1v) is 8.15. The molecule has 0 aliphatic rings. The van der Waals surface area contributed by atoms with E-state index in [9.17, 15) is 24.5 Å². The van der Waals surface area contributed by atoms with Crippen LogP contribution < -0.4 is 16.4 Å². The quantitative estimate of drug-likeness (QED) is 0.414. The van der Waals surface area contributed by atoms with Crippen LogP contribution in [0.4, 0.5) is 11.4 Å². The lowest BCUT2D eigenvalue weighted by molar-refractivity contribution is -0.384. The van der Waals surface area contributed by atoms with E-state index in [4.69, 9.17) is 0 Å². The number of nitro benzene ring substituents is 1. The Morgan fingerprint density at radius 3 is 2.63 bits per heavy atom. The Hall–Kier alpha value is -3.75. The molecule has 1 amide bonds. The lowest BCUT2D eigenvalue weighted by Crippen LogP contribution is -2.36. The number of hydrogen-bond donors (Lipinski definition) is 2. The van der Waals surface area contributed by atoms with Crippen LogP contribution in [0.25, 0.3) is 11.0 Å². The van der Waals surface area contributed by atoms with E-state index in [1.807, 2.05) is 0 Å². The molecule has 3 rings (SSSR count). The van der Waals surface area contributed by atoms with E-state index in [0.717, 1.165) is 0 Å². The Morgan fingerprint density at radius 1 is 1.22 bits per heavy atom. The molecule has 138 valence electrons. The smallest absolute Gasteiger partial charge is 0.316 e. The number of hydrogen-bond acceptors (Lipinski definition) is 5. The molecule has 2 N–H and O–H groups in total. The second kappa shape index (κ2) is 6.87. The van der Waals surface area contributed by atoms with Crippen molar-refractivity contribution in [2.24, 2.45) is 0 Å². The van der Waals surface area contributed by atoms with E-state index >= 15 is 0 Å². The lowest BCUT2D eigenvalue weighted by atomic mass is 10.1. The SMILES string of the molecule is CCn1c(=O)c(=O)[nH]c2cc(C(=O)Nc3cc([N+](=O)[O-])ccc3C)ccc21. The molecule has 9 nitrogen and oxygen atoms in total. The third-order valence-corrected chi connectivity index (χ3v) is 4.23. The van der Waals surface area contributed by atoms with Gasteiger partial charge in [0.25, 0.3) is 11.6 Å². The summed E-state index contributed by atoms with van der Waals surface area (Å²) < 4.78 is 1.32. The third-order valence-electron chi connectivity index (χ3n) is 4.23. The molecule has 0 unspecified atom stereocenters. The molecular formula is C18H16N4O5. The monoisotopic (exact) mass is 368 g/mol. The normalized spacial score (nSPS) is 10.7. The van der Waals surface area contributed by atoms with Crippen LogP contribution in [0.15, 0.2) is 46.0 Å². The number of benzene rings is 2. The van der Waals surface area contributed by atoms with Crippen molar-refractivity contribution >= 4 is 28.3 Å². The molecule has 9 heteroatoms. The van der Waals surface area contributed by atoms with Crippen molar-refractivity contribution in [3.8, 4) is 0 Å². The fraction of sp³-hybridized carbons (Fsp3) is 0.167. The number of nitro groups is 1. The van der Waals surface area contributed by atoms with Gasteiger partial charge >= 0.3 is 11.1 Å². The highest BCUT2D eigenvalue weighted by molar-refractivity contribution is 6.06. The number of carbonyl (C=O) groups excluding carboxylic acids is 1. The zero-order chi connectivity index (χ0) is 19.7. The van der Waals surface area contributed by atoms with Gasteiger partial charge in [-0.2, -0.15) is 0 Å². The Balaban J connectivity index is 2.01. The Morgan fingerprint density at radius 2 is 1.96 bits per heavy atom. The van der Waals surface area contributed by atoms with E-state index in [-0.39, 0.29) is 11.3 Å². The molecule has 3 aromatic rings. The summed E-state index contributed by atoms with van der Waals surface area (Å²) in [6.07, 6.45) is 0. The largest absolute Gasteiger partial charge is 0.321 e. The molecule has 0 radical (unpaired) electrons. The molecule has 1 aromatic heterocycles. The Labute approximate surface area is 152 Å². The van der Waals surface area contributed by atoms with Gasteiger partial charge in [0.2, 0.25) is 0 Å². The number of carbonyl (C=O) groups is 1. The van der Waals surface area contributed by atoms with Gasteiger partial charge in [0, 0.05) is 24.2 Å². The number of non-ortho nitro benzene ring substituents is 1. The molecule has 0 aliphatic heterocycles. The summed E-state index contributed by atoms with van der Waals surface area (Å²) in [5.41, 5.74) is 0.529. The van der Waals surface area contributed by atoms with Crippen molar-refractivity contribution in [3.63, 3.8) is 0 Å². The van der Waals surface area contributed by atoms with Crippen LogP contribution in [-0.4, -0.2) is 20.4 Å². The van der Waals surface area contributed by atoms with Gasteiger partial charge in [0.15, 0.2) is 0 Å². The zero-order valence-electron chi connectivity index (χ0n) is 14.6. The van der Waals surface area contributed by atoms with Crippen LogP contribution >= 0.6 is 0 Å². The molecular weight excluding hydrogens is 352 g/mol. The second-order valence-electron chi connectivity index (χ2n) is 5.95. The summed E-state index contributed by atoms with van der Waals surface area (Å²) in [5, 5.41) is 13.6. The maximum absolute atomic E-state index is 12.6. The molecule has 0 bridgehead atoms. The van der Waals surface area contributed by atoms with Gasteiger partial charge in [-0.1, -0.05) is 6.07 Å². The average Bonchev–Trinajstić information content (AvgIpc) is 2.64. The predicted molar refractivity (Wildman–Crippen MR) is 100 cm³/mol. The molecule has 0 aliphatic carbocycles. The van der Waals surface area contributed by atoms with Crippen molar-refractivity contribution in [1.29, 1.82) is 0 Å². The van der Waals surface area contributed by atoms with Gasteiger partial charge < -0.3 is 14.9 Å². The minimum Gasteiger partial charge on any atom is -0.321 e. The topological polar surface area (TPSA) is 127 Å². The van der Waals surface area contributed by atoms with E-state index in [0.29, 0.717) is 28.8 Å². The predicted octanol–water partition coefficient (Wildman–Crippen LogP) is 2.18. The molecule has 2 aromatic carbocycles. The molecule has 1 heterocycles. The van der Waals surface area contributed by atoms with Gasteiger partial charge in [0.05, 0.1) is 21.6 Å². The van der Waals surface area contributed by atoms with Crippen LogP contribution in [0.1, 0.15) is 22.8 Å². The van der Waals surface area contributed by atoms with Crippen LogP contribution in [0.3, 0.4) is 0 Å². The number of nitrogens with one attached hydrogen (secondary N) is 2. The maximum Gasteiger partial charge on any atom is 0.316 e. The van der Waals surface area contributed by atoms with Gasteiger partial charge in [-0.15, -0.1) is 0 Å². The van der Waals surface area contributed by atoms with Crippen LogP contribution in [-0.2, 0) is 6.54 Å². The highest BCUT2D eigenvalue weighted by Gasteiger charge is 2.14. The van der Waals surface area contributed by atoms with E-state index in [1.165, 1.54) is 28.8 Å². The van der Waals surface area contributed by atoms with Gasteiger partial charge in [-0.05, 0) is 37.6 Å². The minimum atomic E-state index is -0.767. The summed E-state index contributed by atoms with van der Waals surface area (Å²) in [4.78, 5) is 49.1. The second-order valence-corrected chi connectivity index (χ2v) is 5.95. The number of aryl methyl sites for hydroxylation is 2. The van der Waals surface area contributed by atoms with E-state index in [1.54, 1.807) is 26.0 Å². The molecule has 0 saturated heterocycles. The highest BCUT2D eigenvalue weighted by Crippen LogP contribution is 2.23. The number of H-pyrrole nitrogens is 1. The standard InChI is InChI=1S/C18H16N4O5/c1-3-21-15-7-5-11(8-14(15)20-17(24)18(21)25)16(23)19-13-9-12(22(26)27)6-4-10(13)2/h4-9H,3H2,1-2H3,(H,19,23)(H,20,24). The highest BCUT2D eigenvalue weighted by atomic mass is 16.6. The number of amides is 1. The van der Waals surface area contributed by atoms with Gasteiger partial charge in [-0.25, -0.2) is 0 Å². The van der Waals surface area contributed by atoms with Crippen molar-refractivity contribution in [1.82, 2.24) is 9.55 Å². The first-order chi connectivity index (χ1) is 12.8. The molecule has 0 atom stereocenters. The van der Waals surface area contributed by atoms with Crippen LogP contribution in [0.2, 0.25) is 0 Å². The van der Waals surface area contributed by atoms with Gasteiger partial charge in [-0.3, -0.25) is 24.5 Å². The Kier molecular flexibility index (Phi) is 4.59. The number of anilines is 1. The van der Waals surface area contributed by atoms with Crippen LogP contribution in [0.5, 0.6) is 0 Å². The number of aromatic nitrogens is 2. The first kappa shape index (κ1) is 18.1. The summed E-state index contributed by atoms with van der Waals surface area (Å²) >= 11 is 0. The number of nitrogens with zero attached hydrogens (tertiary/aromatic N) is 2. The molecule has 27 heavy (non-hydrogen) atoms. The first-order valence-electron chi connectivity index (χ1n) is 8.15. The minimum absolute atomic E-state index is 0.134. The summed E-state index contributed by atoms with van der Waals surface area (Å²) in [5.74, 6) is -0.490. The third kappa shape index (κ3) is 3.34. The molecule has 0 fully saturated rings. The lowest BCUT2D eigenvalue weighted by Gasteiger charge is -2.10. The maximum atomic E-state index is 12.6. The summed E-state index contributed by atoms with van der Waals surface area (Å²) in [6.45, 7) is 3.78. The fourth-order valence-electron chi connectivity index (χ4n) is 2.79. The molecule has 0 saturated carbocycles. The van der Waals surface area contributed by atoms with Crippen molar-refractivity contribution in [2.45, 2.75) is 20.4 Å². The van der Waals surface area contributed by atoms with Crippen molar-refractivity contribution in [3.05, 3.63) is 78.3 Å². The van der Waals surface area contributed by atoms with Gasteiger partial charge in [0.1, 0.15) is 0 Å².